The summed E-state index contributed by atoms with van der Waals surface area (Å²) in [6.07, 6.45) is 5.09. The number of carbonyl (C=O) groups is 3. The number of rotatable bonds is 8. The number of nitrogens with two attached hydrogens (primary N) is 2. The van der Waals surface area contributed by atoms with Gasteiger partial charge in [0.2, 0.25) is 17.7 Å². The van der Waals surface area contributed by atoms with Gasteiger partial charge in [0.1, 0.15) is 6.04 Å². The van der Waals surface area contributed by atoms with Gasteiger partial charge in [-0.1, -0.05) is 18.2 Å². The van der Waals surface area contributed by atoms with Gasteiger partial charge in [-0.3, -0.25) is 14.4 Å². The van der Waals surface area contributed by atoms with Crippen LogP contribution in [0.2, 0.25) is 0 Å². The summed E-state index contributed by atoms with van der Waals surface area (Å²) in [5.74, 6) is -0.929. The number of fused-ring (bicyclic) bond motifs is 1. The van der Waals surface area contributed by atoms with Crippen LogP contribution in [-0.2, 0) is 27.3 Å². The van der Waals surface area contributed by atoms with Gasteiger partial charge in [0, 0.05) is 36.9 Å². The highest BCUT2D eigenvalue weighted by molar-refractivity contribution is 5.91. The lowest BCUT2D eigenvalue weighted by Gasteiger charge is -2.32. The molecule has 2 aromatic rings. The summed E-state index contributed by atoms with van der Waals surface area (Å²) < 4.78 is 2.36. The number of aromatic nitrogens is 1. The highest BCUT2D eigenvalue weighted by Gasteiger charge is 2.40. The quantitative estimate of drug-likeness (QED) is 0.634. The van der Waals surface area contributed by atoms with Crippen LogP contribution in [0.15, 0.2) is 30.3 Å². The van der Waals surface area contributed by atoms with Gasteiger partial charge in [-0.05, 0) is 63.0 Å². The number of hydrogen-bond acceptors (Lipinski definition) is 4. The number of benzene rings is 1. The lowest BCUT2D eigenvalue weighted by molar-refractivity contribution is -0.145. The summed E-state index contributed by atoms with van der Waals surface area (Å²) in [7, 11) is 0. The minimum atomic E-state index is -1.02. The molecule has 0 saturated carbocycles. The second-order valence-corrected chi connectivity index (χ2v) is 9.26. The Morgan fingerprint density at radius 2 is 1.82 bits per heavy atom. The second-order valence-electron chi connectivity index (χ2n) is 9.26. The first kappa shape index (κ1) is 23.3. The molecular formula is C25H35N5O3. The van der Waals surface area contributed by atoms with E-state index >= 15 is 0 Å². The summed E-state index contributed by atoms with van der Waals surface area (Å²) in [4.78, 5) is 41.0. The van der Waals surface area contributed by atoms with Crippen LogP contribution in [0.25, 0.3) is 10.9 Å². The lowest BCUT2D eigenvalue weighted by atomic mass is 10.1. The molecule has 3 amide bonds. The molecular weight excluding hydrogens is 418 g/mol. The Morgan fingerprint density at radius 3 is 2.58 bits per heavy atom. The average Bonchev–Trinajstić information content (AvgIpc) is 3.54. The van der Waals surface area contributed by atoms with Crippen molar-refractivity contribution in [2.75, 3.05) is 13.1 Å². The van der Waals surface area contributed by atoms with Crippen molar-refractivity contribution in [1.82, 2.24) is 14.4 Å². The monoisotopic (exact) mass is 453 g/mol. The van der Waals surface area contributed by atoms with E-state index in [1.54, 1.807) is 4.90 Å². The minimum Gasteiger partial charge on any atom is -0.368 e. The number of hydrogen-bond donors (Lipinski definition) is 2. The van der Waals surface area contributed by atoms with E-state index in [0.29, 0.717) is 13.0 Å². The number of para-hydroxylation sites is 1. The maximum Gasteiger partial charge on any atom is 0.245 e. The third-order valence-corrected chi connectivity index (χ3v) is 7.22. The first-order valence-corrected chi connectivity index (χ1v) is 12.1. The summed E-state index contributed by atoms with van der Waals surface area (Å²) in [5, 5.41) is 1.25. The van der Waals surface area contributed by atoms with Gasteiger partial charge in [-0.25, -0.2) is 0 Å². The first-order chi connectivity index (χ1) is 15.9. The fraction of sp³-hybridized carbons (Fsp3) is 0.560. The molecule has 1 aromatic carbocycles. The van der Waals surface area contributed by atoms with E-state index in [0.717, 1.165) is 45.2 Å². The van der Waals surface area contributed by atoms with Crippen molar-refractivity contribution in [3.05, 3.63) is 36.0 Å². The van der Waals surface area contributed by atoms with Gasteiger partial charge < -0.3 is 25.8 Å². The molecule has 2 aliphatic rings. The van der Waals surface area contributed by atoms with Crippen molar-refractivity contribution >= 4 is 28.6 Å². The van der Waals surface area contributed by atoms with Gasteiger partial charge in [0.25, 0.3) is 0 Å². The number of likely N-dealkylation sites (tertiary alicyclic amines) is 2. The molecule has 8 heteroatoms. The molecule has 3 heterocycles. The van der Waals surface area contributed by atoms with E-state index in [4.69, 9.17) is 11.5 Å². The van der Waals surface area contributed by atoms with E-state index in [-0.39, 0.29) is 24.3 Å². The zero-order valence-corrected chi connectivity index (χ0v) is 19.4. The molecule has 178 valence electrons. The third kappa shape index (κ3) is 4.76. The van der Waals surface area contributed by atoms with Gasteiger partial charge in [-0.2, -0.15) is 0 Å². The molecule has 2 fully saturated rings. The van der Waals surface area contributed by atoms with Crippen molar-refractivity contribution in [2.24, 2.45) is 11.5 Å². The van der Waals surface area contributed by atoms with Crippen molar-refractivity contribution in [1.29, 1.82) is 0 Å². The van der Waals surface area contributed by atoms with Gasteiger partial charge in [0.15, 0.2) is 0 Å². The Morgan fingerprint density at radius 1 is 1.09 bits per heavy atom. The summed E-state index contributed by atoms with van der Waals surface area (Å²) in [6, 6.07) is 9.41. The van der Waals surface area contributed by atoms with Crippen LogP contribution in [0.1, 0.15) is 51.1 Å². The molecule has 8 nitrogen and oxygen atoms in total. The fourth-order valence-corrected chi connectivity index (χ4v) is 5.51. The SMILES string of the molecule is CCn1c(CC[C@@H]2CCCN2C(=O)[C@H]2CCCN2C(=O)C[C@H](N)C(N)=O)cc2ccccc21. The largest absolute Gasteiger partial charge is 0.368 e. The molecule has 4 N–H and O–H groups in total. The van der Waals surface area contributed by atoms with Crippen LogP contribution in [0.4, 0.5) is 0 Å². The number of carbonyl (C=O) groups excluding carboxylic acids is 3. The summed E-state index contributed by atoms with van der Waals surface area (Å²) >= 11 is 0. The van der Waals surface area contributed by atoms with Crippen molar-refractivity contribution < 1.29 is 14.4 Å². The molecule has 0 bridgehead atoms. The highest BCUT2D eigenvalue weighted by Crippen LogP contribution is 2.28. The van der Waals surface area contributed by atoms with Gasteiger partial charge in [-0.15, -0.1) is 0 Å². The molecule has 3 atom stereocenters. The Kier molecular flexibility index (Phi) is 7.02. The third-order valence-electron chi connectivity index (χ3n) is 7.22. The Bertz CT molecular complexity index is 1030. The normalized spacial score (nSPS) is 21.6. The minimum absolute atomic E-state index is 0.0343. The number of nitrogens with zero attached hydrogens (tertiary/aromatic N) is 3. The van der Waals surface area contributed by atoms with E-state index in [9.17, 15) is 14.4 Å². The van der Waals surface area contributed by atoms with Crippen molar-refractivity contribution in [2.45, 2.75) is 76.5 Å². The summed E-state index contributed by atoms with van der Waals surface area (Å²) in [5.41, 5.74) is 13.4. The van der Waals surface area contributed by atoms with Crippen LogP contribution < -0.4 is 11.5 Å². The Balaban J connectivity index is 1.42. The molecule has 1 aromatic heterocycles. The molecule has 0 aliphatic carbocycles. The van der Waals surface area contributed by atoms with Crippen LogP contribution in [-0.4, -0.2) is 63.3 Å². The molecule has 33 heavy (non-hydrogen) atoms. The first-order valence-electron chi connectivity index (χ1n) is 12.1. The number of amides is 3. The predicted octanol–water partition coefficient (Wildman–Crippen LogP) is 1.78. The van der Waals surface area contributed by atoms with Crippen LogP contribution in [0.3, 0.4) is 0 Å². The van der Waals surface area contributed by atoms with Crippen molar-refractivity contribution in [3.8, 4) is 0 Å². The maximum atomic E-state index is 13.5. The molecule has 0 spiro atoms. The van der Waals surface area contributed by atoms with E-state index in [1.807, 2.05) is 4.90 Å². The van der Waals surface area contributed by atoms with Gasteiger partial charge in [0.05, 0.1) is 12.5 Å². The summed E-state index contributed by atoms with van der Waals surface area (Å²) in [6.45, 7) is 4.34. The second kappa shape index (κ2) is 9.95. The topological polar surface area (TPSA) is 115 Å². The van der Waals surface area contributed by atoms with E-state index in [2.05, 4.69) is 41.8 Å². The fourth-order valence-electron chi connectivity index (χ4n) is 5.51. The number of aryl methyl sites for hydroxylation is 2. The van der Waals surface area contributed by atoms with Gasteiger partial charge >= 0.3 is 0 Å². The average molecular weight is 454 g/mol. The van der Waals surface area contributed by atoms with Crippen LogP contribution in [0.5, 0.6) is 0 Å². The maximum absolute atomic E-state index is 13.5. The molecule has 2 aliphatic heterocycles. The van der Waals surface area contributed by atoms with Crippen LogP contribution >= 0.6 is 0 Å². The smallest absolute Gasteiger partial charge is 0.245 e. The van der Waals surface area contributed by atoms with E-state index < -0.39 is 18.0 Å². The molecule has 4 rings (SSSR count). The predicted molar refractivity (Wildman–Crippen MR) is 127 cm³/mol. The highest BCUT2D eigenvalue weighted by atomic mass is 16.2. The van der Waals surface area contributed by atoms with Crippen molar-refractivity contribution in [3.63, 3.8) is 0 Å². The lowest BCUT2D eigenvalue weighted by Crippen LogP contribution is -2.51. The van der Waals surface area contributed by atoms with E-state index in [1.165, 1.54) is 16.6 Å². The molecule has 0 unspecified atom stereocenters. The number of primary amides is 1. The standard InChI is InChI=1S/C25H35N5O3/c1-2-28-19(15-17-7-3-4-9-21(17)28)12-11-18-8-5-13-29(18)25(33)22-10-6-14-30(22)23(31)16-20(26)24(27)32/h3-4,7,9,15,18,20,22H,2,5-6,8,10-14,16,26H2,1H3,(H2,27,32)/t18-,20-,22+/m0/s1. The Hall–Kier alpha value is -2.87. The Labute approximate surface area is 194 Å². The zero-order valence-electron chi connectivity index (χ0n) is 19.4. The zero-order chi connectivity index (χ0) is 23.5. The van der Waals surface area contributed by atoms with Crippen LogP contribution in [0, 0.1) is 0 Å². The molecule has 2 saturated heterocycles. The molecule has 0 radical (unpaired) electrons.